The lowest BCUT2D eigenvalue weighted by Crippen LogP contribution is -2.24. The predicted octanol–water partition coefficient (Wildman–Crippen LogP) is 12.8. The highest BCUT2D eigenvalue weighted by atomic mass is 16.5. The van der Waals surface area contributed by atoms with E-state index in [1.54, 1.807) is 0 Å². The van der Waals surface area contributed by atoms with Gasteiger partial charge in [0.1, 0.15) is 22.7 Å². The van der Waals surface area contributed by atoms with E-state index >= 15 is 0 Å². The largest absolute Gasteiger partial charge is 0.456 e. The predicted molar refractivity (Wildman–Crippen MR) is 198 cm³/mol. The average Bonchev–Trinajstić information content (AvgIpc) is 3.53. The molecule has 0 saturated heterocycles. The Morgan fingerprint density at radius 2 is 1.02 bits per heavy atom. The van der Waals surface area contributed by atoms with Crippen LogP contribution in [-0.4, -0.2) is 0 Å². The van der Waals surface area contributed by atoms with E-state index in [1.807, 2.05) is 12.1 Å². The molecule has 3 heteroatoms. The van der Waals surface area contributed by atoms with Crippen LogP contribution >= 0.6 is 0 Å². The number of hydrogen-bond donors (Lipinski definition) is 0. The van der Waals surface area contributed by atoms with Crippen molar-refractivity contribution in [2.75, 3.05) is 4.90 Å². The van der Waals surface area contributed by atoms with Crippen LogP contribution in [0.4, 0.5) is 17.1 Å². The van der Waals surface area contributed by atoms with E-state index in [9.17, 15) is 0 Å². The molecule has 48 heavy (non-hydrogen) atoms. The Kier molecular flexibility index (Phi) is 6.48. The molecule has 7 aromatic carbocycles. The summed E-state index contributed by atoms with van der Waals surface area (Å²) in [4.78, 5) is 2.31. The molecule has 0 N–H and O–H groups in total. The van der Waals surface area contributed by atoms with Crippen LogP contribution in [0.1, 0.15) is 25.0 Å². The molecule has 0 bridgehead atoms. The van der Waals surface area contributed by atoms with Crippen molar-refractivity contribution in [3.63, 3.8) is 0 Å². The number of para-hydroxylation sites is 2. The number of fused-ring (bicyclic) bond motifs is 6. The molecular formula is C45H33NO2. The van der Waals surface area contributed by atoms with Gasteiger partial charge in [0.2, 0.25) is 0 Å². The van der Waals surface area contributed by atoms with Gasteiger partial charge in [-0.3, -0.25) is 0 Å². The molecule has 9 rings (SSSR count). The van der Waals surface area contributed by atoms with Crippen molar-refractivity contribution in [1.29, 1.82) is 0 Å². The van der Waals surface area contributed by atoms with Gasteiger partial charge in [-0.25, -0.2) is 0 Å². The van der Waals surface area contributed by atoms with Crippen LogP contribution in [0.3, 0.4) is 0 Å². The third kappa shape index (κ3) is 4.58. The zero-order valence-electron chi connectivity index (χ0n) is 26.9. The standard InChI is InChI=1S/C45H33NO2/c1-45(2)38-26-28-42-43(37-15-9-10-16-40(37)47-42)44(38)48-41-27-21-33(29-39(41)45)32-19-24-36(25-20-32)46(34-13-7-4-8-14-34)35-22-17-31(18-23-35)30-11-5-3-6-12-30/h3-29H,1-2H3. The second-order valence-corrected chi connectivity index (χ2v) is 13.0. The Morgan fingerprint density at radius 3 is 1.73 bits per heavy atom. The Labute approximate surface area is 280 Å². The first-order valence-corrected chi connectivity index (χ1v) is 16.4. The van der Waals surface area contributed by atoms with Gasteiger partial charge < -0.3 is 14.1 Å². The summed E-state index contributed by atoms with van der Waals surface area (Å²) in [6.45, 7) is 4.57. The third-order valence-corrected chi connectivity index (χ3v) is 9.74. The van der Waals surface area contributed by atoms with Crippen molar-refractivity contribution in [2.24, 2.45) is 0 Å². The van der Waals surface area contributed by atoms with E-state index in [-0.39, 0.29) is 5.41 Å². The zero-order valence-corrected chi connectivity index (χ0v) is 26.9. The second-order valence-electron chi connectivity index (χ2n) is 13.0. The van der Waals surface area contributed by atoms with Crippen molar-refractivity contribution < 1.29 is 9.15 Å². The second kappa shape index (κ2) is 11.0. The normalized spacial score (nSPS) is 13.1. The van der Waals surface area contributed by atoms with Crippen LogP contribution in [-0.2, 0) is 5.41 Å². The molecule has 1 aliphatic rings. The summed E-state index contributed by atoms with van der Waals surface area (Å²) in [5, 5.41) is 2.12. The number of nitrogens with zero attached hydrogens (tertiary/aromatic N) is 1. The SMILES string of the molecule is CC1(C)c2cc(-c3ccc(N(c4ccccc4)c4ccc(-c5ccccc5)cc4)cc3)ccc2Oc2c1ccc1oc3ccccc3c21. The molecule has 0 fully saturated rings. The van der Waals surface area contributed by atoms with Gasteiger partial charge in [0.15, 0.2) is 0 Å². The van der Waals surface area contributed by atoms with Crippen LogP contribution in [0, 0.1) is 0 Å². The summed E-state index contributed by atoms with van der Waals surface area (Å²) < 4.78 is 12.9. The first-order valence-electron chi connectivity index (χ1n) is 16.4. The summed E-state index contributed by atoms with van der Waals surface area (Å²) >= 11 is 0. The molecule has 0 amide bonds. The number of benzene rings is 7. The smallest absolute Gasteiger partial charge is 0.143 e. The van der Waals surface area contributed by atoms with Gasteiger partial charge in [0.25, 0.3) is 0 Å². The lowest BCUT2D eigenvalue weighted by molar-refractivity contribution is 0.423. The fourth-order valence-corrected chi connectivity index (χ4v) is 7.19. The van der Waals surface area contributed by atoms with Crippen molar-refractivity contribution in [2.45, 2.75) is 19.3 Å². The summed E-state index contributed by atoms with van der Waals surface area (Å²) in [5.41, 5.74) is 11.9. The van der Waals surface area contributed by atoms with Crippen LogP contribution in [0.15, 0.2) is 168 Å². The molecule has 8 aromatic rings. The van der Waals surface area contributed by atoms with Gasteiger partial charge in [-0.2, -0.15) is 0 Å². The molecule has 0 atom stereocenters. The van der Waals surface area contributed by atoms with Crippen LogP contribution in [0.5, 0.6) is 11.5 Å². The minimum atomic E-state index is -0.262. The Morgan fingerprint density at radius 1 is 0.458 bits per heavy atom. The molecule has 0 saturated carbocycles. The summed E-state index contributed by atoms with van der Waals surface area (Å²) in [7, 11) is 0. The number of ether oxygens (including phenoxy) is 1. The maximum atomic E-state index is 6.70. The topological polar surface area (TPSA) is 25.6 Å². The average molecular weight is 620 g/mol. The molecule has 1 aromatic heterocycles. The van der Waals surface area contributed by atoms with Gasteiger partial charge in [0, 0.05) is 39.0 Å². The zero-order chi connectivity index (χ0) is 32.2. The highest BCUT2D eigenvalue weighted by Crippen LogP contribution is 2.52. The van der Waals surface area contributed by atoms with Crippen LogP contribution < -0.4 is 9.64 Å². The number of rotatable bonds is 5. The van der Waals surface area contributed by atoms with Gasteiger partial charge >= 0.3 is 0 Å². The van der Waals surface area contributed by atoms with E-state index in [1.165, 1.54) is 22.3 Å². The van der Waals surface area contributed by atoms with Crippen LogP contribution in [0.2, 0.25) is 0 Å². The molecule has 230 valence electrons. The van der Waals surface area contributed by atoms with E-state index < -0.39 is 0 Å². The minimum Gasteiger partial charge on any atom is -0.456 e. The monoisotopic (exact) mass is 619 g/mol. The Bertz CT molecular complexity index is 2420. The highest BCUT2D eigenvalue weighted by Gasteiger charge is 2.36. The van der Waals surface area contributed by atoms with Crippen LogP contribution in [0.25, 0.3) is 44.2 Å². The maximum absolute atomic E-state index is 6.70. The number of hydrogen-bond acceptors (Lipinski definition) is 3. The fraction of sp³-hybridized carbons (Fsp3) is 0.0667. The quantitative estimate of drug-likeness (QED) is 0.192. The van der Waals surface area contributed by atoms with Gasteiger partial charge in [-0.15, -0.1) is 0 Å². The van der Waals surface area contributed by atoms with E-state index in [2.05, 4.69) is 170 Å². The highest BCUT2D eigenvalue weighted by molar-refractivity contribution is 6.09. The van der Waals surface area contributed by atoms with Crippen molar-refractivity contribution in [3.8, 4) is 33.8 Å². The first kappa shape index (κ1) is 28.2. The van der Waals surface area contributed by atoms with Gasteiger partial charge in [-0.05, 0) is 82.9 Å². The molecule has 2 heterocycles. The maximum Gasteiger partial charge on any atom is 0.143 e. The molecular weight excluding hydrogens is 587 g/mol. The van der Waals surface area contributed by atoms with Crippen molar-refractivity contribution in [3.05, 3.63) is 175 Å². The van der Waals surface area contributed by atoms with Gasteiger partial charge in [-0.1, -0.05) is 117 Å². The van der Waals surface area contributed by atoms with E-state index in [0.717, 1.165) is 61.6 Å². The summed E-state index contributed by atoms with van der Waals surface area (Å²) in [5.74, 6) is 1.78. The van der Waals surface area contributed by atoms with Crippen molar-refractivity contribution in [1.82, 2.24) is 0 Å². The molecule has 0 aliphatic carbocycles. The lowest BCUT2D eigenvalue weighted by atomic mass is 9.74. The first-order chi connectivity index (χ1) is 23.5. The summed E-state index contributed by atoms with van der Waals surface area (Å²) in [6, 6.07) is 57.7. The number of furan rings is 1. The lowest BCUT2D eigenvalue weighted by Gasteiger charge is -2.35. The molecule has 3 nitrogen and oxygen atoms in total. The molecule has 0 unspecified atom stereocenters. The Balaban J connectivity index is 1.07. The van der Waals surface area contributed by atoms with E-state index in [0.29, 0.717) is 0 Å². The molecule has 1 aliphatic heterocycles. The molecule has 0 spiro atoms. The third-order valence-electron chi connectivity index (χ3n) is 9.74. The number of anilines is 3. The minimum absolute atomic E-state index is 0.262. The Hall–Kier alpha value is -6.06. The van der Waals surface area contributed by atoms with Gasteiger partial charge in [0.05, 0.1) is 5.39 Å². The summed E-state index contributed by atoms with van der Waals surface area (Å²) in [6.07, 6.45) is 0. The fourth-order valence-electron chi connectivity index (χ4n) is 7.19. The van der Waals surface area contributed by atoms with Crippen molar-refractivity contribution >= 4 is 39.0 Å². The van der Waals surface area contributed by atoms with E-state index in [4.69, 9.17) is 9.15 Å². The molecule has 0 radical (unpaired) electrons.